The minimum absolute atomic E-state index is 0.0928. The number of carbonyl (C=O) groups is 1. The molecule has 0 saturated heterocycles. The van der Waals surface area contributed by atoms with Crippen molar-refractivity contribution in [3.05, 3.63) is 24.1 Å². The summed E-state index contributed by atoms with van der Waals surface area (Å²) in [6.45, 7) is 6.77. The third kappa shape index (κ3) is 1.61. The van der Waals surface area contributed by atoms with E-state index in [1.54, 1.807) is 0 Å². The van der Waals surface area contributed by atoms with Gasteiger partial charge in [0.15, 0.2) is 14.6 Å². The van der Waals surface area contributed by atoms with Crippen molar-refractivity contribution in [3.63, 3.8) is 0 Å². The maximum atomic E-state index is 11.8. The Morgan fingerprint density at radius 3 is 2.47 bits per heavy atom. The predicted molar refractivity (Wildman–Crippen MR) is 57.1 cm³/mol. The van der Waals surface area contributed by atoms with Gasteiger partial charge >= 0.3 is 5.97 Å². The third-order valence-electron chi connectivity index (χ3n) is 2.88. The first-order valence-corrected chi connectivity index (χ1v) is 6.22. The zero-order valence-corrected chi connectivity index (χ0v) is 9.22. The van der Waals surface area contributed by atoms with Gasteiger partial charge in [-0.15, -0.1) is 0 Å². The van der Waals surface area contributed by atoms with Crippen LogP contribution in [0.5, 0.6) is 0 Å². The minimum Gasteiger partial charge on any atom is -0.480 e. The van der Waals surface area contributed by atoms with Gasteiger partial charge in [-0.25, -0.2) is 8.42 Å². The molecule has 0 radical (unpaired) electrons. The Balaban J connectivity index is 3.37. The van der Waals surface area contributed by atoms with E-state index in [2.05, 4.69) is 13.2 Å². The second kappa shape index (κ2) is 3.81. The molecule has 0 aliphatic heterocycles. The number of rotatable bonds is 3. The van der Waals surface area contributed by atoms with Gasteiger partial charge in [-0.05, 0) is 24.8 Å². The Labute approximate surface area is 89.2 Å². The molecule has 1 unspecified atom stereocenters. The first kappa shape index (κ1) is 12.0. The van der Waals surface area contributed by atoms with Crippen molar-refractivity contribution in [2.45, 2.75) is 30.4 Å². The quantitative estimate of drug-likeness (QED) is 0.746. The highest BCUT2D eigenvalue weighted by molar-refractivity contribution is 7.96. The molecule has 0 aromatic carbocycles. The maximum absolute atomic E-state index is 11.8. The lowest BCUT2D eigenvalue weighted by Crippen LogP contribution is -2.48. The van der Waals surface area contributed by atoms with Crippen LogP contribution in [0.15, 0.2) is 24.1 Å². The van der Waals surface area contributed by atoms with Gasteiger partial charge in [-0.1, -0.05) is 19.6 Å². The first-order valence-electron chi connectivity index (χ1n) is 4.67. The van der Waals surface area contributed by atoms with Crippen LogP contribution in [0.4, 0.5) is 0 Å². The van der Waals surface area contributed by atoms with Crippen LogP contribution in [0.25, 0.3) is 0 Å². The fourth-order valence-electron chi connectivity index (χ4n) is 1.96. The fraction of sp³-hybridized carbons (Fsp3) is 0.500. The average molecular weight is 230 g/mol. The lowest BCUT2D eigenvalue weighted by atomic mass is 9.84. The second-order valence-corrected chi connectivity index (χ2v) is 5.77. The molecule has 0 aromatic heterocycles. The van der Waals surface area contributed by atoms with Crippen molar-refractivity contribution >= 4 is 15.8 Å². The Bertz CT molecular complexity index is 407. The van der Waals surface area contributed by atoms with Gasteiger partial charge in [-0.3, -0.25) is 4.79 Å². The zero-order chi connectivity index (χ0) is 11.7. The van der Waals surface area contributed by atoms with E-state index in [4.69, 9.17) is 5.11 Å². The summed E-state index contributed by atoms with van der Waals surface area (Å²) >= 11 is 0. The molecule has 5 heteroatoms. The standard InChI is InChI=1S/C10H14O4S/c1-3-15(13,14)10(9(11)12)7-5-4-6-8(10)2/h3H,1-2,4-7H2,(H,11,12). The molecule has 1 N–H and O–H groups in total. The van der Waals surface area contributed by atoms with Crippen LogP contribution in [0, 0.1) is 0 Å². The summed E-state index contributed by atoms with van der Waals surface area (Å²) in [5.74, 6) is -1.34. The first-order chi connectivity index (χ1) is 6.88. The van der Waals surface area contributed by atoms with E-state index in [1.165, 1.54) is 0 Å². The SMILES string of the molecule is C=CS(=O)(=O)C1(C(=O)O)CCCCC1=C. The van der Waals surface area contributed by atoms with E-state index in [0.29, 0.717) is 12.8 Å². The van der Waals surface area contributed by atoms with Gasteiger partial charge in [0.1, 0.15) is 0 Å². The van der Waals surface area contributed by atoms with Gasteiger partial charge in [0.05, 0.1) is 0 Å². The molecule has 0 spiro atoms. The smallest absolute Gasteiger partial charge is 0.329 e. The largest absolute Gasteiger partial charge is 0.480 e. The van der Waals surface area contributed by atoms with Crippen LogP contribution in [0.3, 0.4) is 0 Å². The van der Waals surface area contributed by atoms with Crippen LogP contribution in [-0.4, -0.2) is 24.2 Å². The molecule has 0 aromatic rings. The number of hydrogen-bond donors (Lipinski definition) is 1. The van der Waals surface area contributed by atoms with Crippen molar-refractivity contribution < 1.29 is 18.3 Å². The molecule has 0 heterocycles. The third-order valence-corrected chi connectivity index (χ3v) is 4.96. The molecule has 1 aliphatic carbocycles. The van der Waals surface area contributed by atoms with E-state index >= 15 is 0 Å². The highest BCUT2D eigenvalue weighted by Crippen LogP contribution is 2.39. The van der Waals surface area contributed by atoms with Crippen molar-refractivity contribution in [2.24, 2.45) is 0 Å². The molecular weight excluding hydrogens is 216 g/mol. The lowest BCUT2D eigenvalue weighted by Gasteiger charge is -2.33. The molecule has 1 fully saturated rings. The predicted octanol–water partition coefficient (Wildman–Crippen LogP) is 1.50. The van der Waals surface area contributed by atoms with Crippen LogP contribution in [0.2, 0.25) is 0 Å². The molecule has 1 atom stereocenters. The Kier molecular flexibility index (Phi) is 3.04. The van der Waals surface area contributed by atoms with Crippen LogP contribution in [-0.2, 0) is 14.6 Å². The van der Waals surface area contributed by atoms with Gasteiger partial charge in [-0.2, -0.15) is 0 Å². The summed E-state index contributed by atoms with van der Waals surface area (Å²) < 4.78 is 21.7. The van der Waals surface area contributed by atoms with Gasteiger partial charge < -0.3 is 5.11 Å². The molecule has 1 rings (SSSR count). The Hall–Kier alpha value is -1.10. The van der Waals surface area contributed by atoms with E-state index in [0.717, 1.165) is 11.8 Å². The summed E-state index contributed by atoms with van der Waals surface area (Å²) in [5, 5.41) is 9.86. The number of aliphatic carboxylic acids is 1. The van der Waals surface area contributed by atoms with E-state index in [9.17, 15) is 13.2 Å². The Morgan fingerprint density at radius 2 is 2.07 bits per heavy atom. The molecule has 0 bridgehead atoms. The molecule has 15 heavy (non-hydrogen) atoms. The summed E-state index contributed by atoms with van der Waals surface area (Å²) in [6, 6.07) is 0. The van der Waals surface area contributed by atoms with Crippen LogP contribution >= 0.6 is 0 Å². The number of carboxylic acid groups (broad SMARTS) is 1. The molecule has 84 valence electrons. The number of hydrogen-bond acceptors (Lipinski definition) is 3. The summed E-state index contributed by atoms with van der Waals surface area (Å²) in [7, 11) is -3.87. The molecule has 4 nitrogen and oxygen atoms in total. The number of carboxylic acids is 1. The highest BCUT2D eigenvalue weighted by atomic mass is 32.2. The summed E-state index contributed by atoms with van der Waals surface area (Å²) in [4.78, 5) is 11.2. The molecule has 1 aliphatic rings. The van der Waals surface area contributed by atoms with Crippen molar-refractivity contribution in [1.29, 1.82) is 0 Å². The lowest BCUT2D eigenvalue weighted by molar-refractivity contribution is -0.139. The minimum atomic E-state index is -3.87. The Morgan fingerprint density at radius 1 is 1.47 bits per heavy atom. The summed E-state index contributed by atoms with van der Waals surface area (Å²) in [5.41, 5.74) is 0.265. The zero-order valence-electron chi connectivity index (χ0n) is 8.40. The van der Waals surface area contributed by atoms with Crippen molar-refractivity contribution in [1.82, 2.24) is 0 Å². The van der Waals surface area contributed by atoms with Crippen LogP contribution < -0.4 is 0 Å². The topological polar surface area (TPSA) is 71.4 Å². The average Bonchev–Trinajstić information content (AvgIpc) is 2.17. The van der Waals surface area contributed by atoms with Gasteiger partial charge in [0.2, 0.25) is 0 Å². The van der Waals surface area contributed by atoms with Crippen molar-refractivity contribution in [2.75, 3.05) is 0 Å². The second-order valence-electron chi connectivity index (χ2n) is 3.65. The highest BCUT2D eigenvalue weighted by Gasteiger charge is 2.52. The van der Waals surface area contributed by atoms with Gasteiger partial charge in [0.25, 0.3) is 0 Å². The van der Waals surface area contributed by atoms with E-state index < -0.39 is 20.6 Å². The molecular formula is C10H14O4S. The normalized spacial score (nSPS) is 27.3. The summed E-state index contributed by atoms with van der Waals surface area (Å²) in [6.07, 6.45) is 1.91. The molecule has 0 amide bonds. The van der Waals surface area contributed by atoms with E-state index in [-0.39, 0.29) is 12.0 Å². The van der Waals surface area contributed by atoms with Gasteiger partial charge in [0, 0.05) is 5.41 Å². The number of sulfone groups is 1. The van der Waals surface area contributed by atoms with E-state index in [1.807, 2.05) is 0 Å². The van der Waals surface area contributed by atoms with Crippen molar-refractivity contribution in [3.8, 4) is 0 Å². The monoisotopic (exact) mass is 230 g/mol. The maximum Gasteiger partial charge on any atom is 0.329 e. The fourth-order valence-corrected chi connectivity index (χ4v) is 3.42. The molecule has 1 saturated carbocycles. The van der Waals surface area contributed by atoms with Crippen LogP contribution in [0.1, 0.15) is 25.7 Å².